The molecule has 1 aliphatic rings. The van der Waals surface area contributed by atoms with E-state index in [-0.39, 0.29) is 23.1 Å². The Bertz CT molecular complexity index is 774. The summed E-state index contributed by atoms with van der Waals surface area (Å²) in [6, 6.07) is 12.3. The van der Waals surface area contributed by atoms with Gasteiger partial charge in [-0.2, -0.15) is 0 Å². The highest BCUT2D eigenvalue weighted by molar-refractivity contribution is 9.10. The van der Waals surface area contributed by atoms with Gasteiger partial charge in [0.1, 0.15) is 5.75 Å². The first-order valence-corrected chi connectivity index (χ1v) is 8.50. The number of phenols is 1. The van der Waals surface area contributed by atoms with Crippen molar-refractivity contribution in [2.24, 2.45) is 0 Å². The number of hydrogen-bond donors (Lipinski definition) is 2. The van der Waals surface area contributed by atoms with E-state index < -0.39 is 0 Å². The largest absolute Gasteiger partial charge is 0.507 e. The van der Waals surface area contributed by atoms with Crippen molar-refractivity contribution in [3.63, 3.8) is 0 Å². The Hall–Kier alpha value is -2.34. The van der Waals surface area contributed by atoms with Crippen LogP contribution in [0.15, 0.2) is 46.9 Å². The average molecular weight is 389 g/mol. The maximum Gasteiger partial charge on any atom is 0.255 e. The van der Waals surface area contributed by atoms with E-state index >= 15 is 0 Å². The van der Waals surface area contributed by atoms with Gasteiger partial charge >= 0.3 is 0 Å². The van der Waals surface area contributed by atoms with Crippen LogP contribution in [0.25, 0.3) is 0 Å². The number of phenolic OH excluding ortho intramolecular Hbond substituents is 1. The van der Waals surface area contributed by atoms with Crippen molar-refractivity contribution >= 4 is 33.4 Å². The molecule has 0 spiro atoms. The molecule has 1 heterocycles. The van der Waals surface area contributed by atoms with Gasteiger partial charge in [0.2, 0.25) is 5.91 Å². The number of nitrogens with zero attached hydrogens (tertiary/aromatic N) is 1. The fourth-order valence-electron chi connectivity index (χ4n) is 2.68. The van der Waals surface area contributed by atoms with Crippen molar-refractivity contribution in [3.8, 4) is 5.75 Å². The summed E-state index contributed by atoms with van der Waals surface area (Å²) in [4.78, 5) is 25.7. The van der Waals surface area contributed by atoms with Crippen LogP contribution in [-0.4, -0.2) is 23.5 Å². The minimum atomic E-state index is -0.340. The van der Waals surface area contributed by atoms with Gasteiger partial charge in [-0.15, -0.1) is 0 Å². The topological polar surface area (TPSA) is 69.6 Å². The van der Waals surface area contributed by atoms with Crippen LogP contribution in [0, 0.1) is 0 Å². The number of aromatic hydroxyl groups is 1. The van der Waals surface area contributed by atoms with E-state index in [1.165, 1.54) is 6.07 Å². The highest BCUT2D eigenvalue weighted by Gasteiger charge is 2.21. The first kappa shape index (κ1) is 16.5. The Kier molecular flexibility index (Phi) is 4.85. The van der Waals surface area contributed by atoms with E-state index in [0.29, 0.717) is 13.0 Å². The molecule has 0 radical (unpaired) electrons. The number of hydrogen-bond acceptors (Lipinski definition) is 3. The summed E-state index contributed by atoms with van der Waals surface area (Å²) in [5, 5.41) is 12.5. The molecule has 0 saturated carbocycles. The number of benzene rings is 2. The van der Waals surface area contributed by atoms with Crippen molar-refractivity contribution in [3.05, 3.63) is 58.1 Å². The molecule has 1 saturated heterocycles. The molecule has 0 aliphatic carbocycles. The highest BCUT2D eigenvalue weighted by Crippen LogP contribution is 2.23. The van der Waals surface area contributed by atoms with Crippen molar-refractivity contribution in [2.75, 3.05) is 11.4 Å². The van der Waals surface area contributed by atoms with Crippen LogP contribution in [0.3, 0.4) is 0 Å². The molecule has 1 aliphatic heterocycles. The third-order valence-corrected chi connectivity index (χ3v) is 4.47. The monoisotopic (exact) mass is 388 g/mol. The lowest BCUT2D eigenvalue weighted by molar-refractivity contribution is -0.117. The molecule has 6 heteroatoms. The fraction of sp³-hybridized carbons (Fsp3) is 0.222. The van der Waals surface area contributed by atoms with Gasteiger partial charge in [-0.1, -0.05) is 28.1 Å². The predicted molar refractivity (Wildman–Crippen MR) is 95.0 cm³/mol. The fourth-order valence-corrected chi connectivity index (χ4v) is 3.04. The molecule has 0 aromatic heterocycles. The zero-order valence-corrected chi connectivity index (χ0v) is 14.5. The zero-order valence-electron chi connectivity index (χ0n) is 13.0. The highest BCUT2D eigenvalue weighted by atomic mass is 79.9. The summed E-state index contributed by atoms with van der Waals surface area (Å²) in [7, 11) is 0. The normalized spacial score (nSPS) is 14.0. The summed E-state index contributed by atoms with van der Waals surface area (Å²) in [6.45, 7) is 1.11. The van der Waals surface area contributed by atoms with Crippen molar-refractivity contribution in [1.82, 2.24) is 5.32 Å². The zero-order chi connectivity index (χ0) is 17.1. The number of nitrogens with one attached hydrogen (secondary N) is 1. The number of amides is 2. The lowest BCUT2D eigenvalue weighted by atomic mass is 10.1. The van der Waals surface area contributed by atoms with Gasteiger partial charge < -0.3 is 15.3 Å². The summed E-state index contributed by atoms with van der Waals surface area (Å²) >= 11 is 3.28. The molecule has 2 amide bonds. The van der Waals surface area contributed by atoms with E-state index in [4.69, 9.17) is 0 Å². The van der Waals surface area contributed by atoms with Crippen LogP contribution in [-0.2, 0) is 11.3 Å². The van der Waals surface area contributed by atoms with Gasteiger partial charge in [-0.25, -0.2) is 0 Å². The molecule has 2 N–H and O–H groups in total. The summed E-state index contributed by atoms with van der Waals surface area (Å²) in [5.41, 5.74) is 2.04. The van der Waals surface area contributed by atoms with Gasteiger partial charge in [0.15, 0.2) is 0 Å². The van der Waals surface area contributed by atoms with Gasteiger partial charge in [0, 0.05) is 29.7 Å². The number of carbonyl (C=O) groups excluding carboxylic acids is 2. The van der Waals surface area contributed by atoms with Gasteiger partial charge in [0.05, 0.1) is 5.56 Å². The second kappa shape index (κ2) is 7.05. The third-order valence-electron chi connectivity index (χ3n) is 3.98. The van der Waals surface area contributed by atoms with Crippen molar-refractivity contribution in [1.29, 1.82) is 0 Å². The quantitative estimate of drug-likeness (QED) is 0.844. The van der Waals surface area contributed by atoms with Crippen LogP contribution in [0.5, 0.6) is 5.75 Å². The molecule has 2 aromatic carbocycles. The Morgan fingerprint density at radius 1 is 1.21 bits per heavy atom. The van der Waals surface area contributed by atoms with Gasteiger partial charge in [0.25, 0.3) is 5.91 Å². The molecular weight excluding hydrogens is 372 g/mol. The number of halogens is 1. The van der Waals surface area contributed by atoms with Crippen molar-refractivity contribution < 1.29 is 14.7 Å². The number of anilines is 1. The Morgan fingerprint density at radius 3 is 2.62 bits per heavy atom. The molecule has 24 heavy (non-hydrogen) atoms. The average Bonchev–Trinajstić information content (AvgIpc) is 3.01. The number of rotatable bonds is 4. The molecule has 0 unspecified atom stereocenters. The Balaban J connectivity index is 1.63. The Morgan fingerprint density at radius 2 is 1.96 bits per heavy atom. The standard InChI is InChI=1S/C18H17BrN2O3/c19-13-5-8-16(22)15(10-13)18(24)20-11-12-3-6-14(7-4-12)21-9-1-2-17(21)23/h3-8,10,22H,1-2,9,11H2,(H,20,24). The first-order valence-electron chi connectivity index (χ1n) is 7.70. The number of carbonyl (C=O) groups is 2. The smallest absolute Gasteiger partial charge is 0.255 e. The molecule has 0 atom stereocenters. The predicted octanol–water partition coefficient (Wildman–Crippen LogP) is 3.21. The molecule has 1 fully saturated rings. The molecule has 3 rings (SSSR count). The summed E-state index contributed by atoms with van der Waals surface area (Å²) in [5.74, 6) is -0.243. The summed E-state index contributed by atoms with van der Waals surface area (Å²) in [6.07, 6.45) is 1.50. The second-order valence-corrected chi connectivity index (χ2v) is 6.58. The van der Waals surface area contributed by atoms with Crippen LogP contribution >= 0.6 is 15.9 Å². The van der Waals surface area contributed by atoms with Gasteiger partial charge in [-0.3, -0.25) is 9.59 Å². The van der Waals surface area contributed by atoms with Crippen molar-refractivity contribution in [2.45, 2.75) is 19.4 Å². The van der Waals surface area contributed by atoms with Crippen LogP contribution in [0.1, 0.15) is 28.8 Å². The molecular formula is C18H17BrN2O3. The molecule has 0 bridgehead atoms. The first-order chi connectivity index (χ1) is 11.5. The van der Waals surface area contributed by atoms with E-state index in [9.17, 15) is 14.7 Å². The lowest BCUT2D eigenvalue weighted by Crippen LogP contribution is -2.24. The van der Waals surface area contributed by atoms with E-state index in [1.807, 2.05) is 24.3 Å². The maximum absolute atomic E-state index is 12.2. The lowest BCUT2D eigenvalue weighted by Gasteiger charge is -2.16. The second-order valence-electron chi connectivity index (χ2n) is 5.66. The van der Waals surface area contributed by atoms with E-state index in [2.05, 4.69) is 21.2 Å². The van der Waals surface area contributed by atoms with E-state index in [0.717, 1.165) is 28.7 Å². The Labute approximate surface area is 148 Å². The third kappa shape index (κ3) is 3.59. The van der Waals surface area contributed by atoms with Gasteiger partial charge in [-0.05, 0) is 42.3 Å². The molecule has 5 nitrogen and oxygen atoms in total. The molecule has 124 valence electrons. The minimum absolute atomic E-state index is 0.0569. The molecule has 2 aromatic rings. The maximum atomic E-state index is 12.2. The van der Waals surface area contributed by atoms with E-state index in [1.54, 1.807) is 17.0 Å². The van der Waals surface area contributed by atoms with Crippen LogP contribution < -0.4 is 10.2 Å². The summed E-state index contributed by atoms with van der Waals surface area (Å²) < 4.78 is 0.727. The minimum Gasteiger partial charge on any atom is -0.507 e. The van der Waals surface area contributed by atoms with Crippen LogP contribution in [0.4, 0.5) is 5.69 Å². The SMILES string of the molecule is O=C(NCc1ccc(N2CCCC2=O)cc1)c1cc(Br)ccc1O. The van der Waals surface area contributed by atoms with Crippen LogP contribution in [0.2, 0.25) is 0 Å².